The van der Waals surface area contributed by atoms with Crippen LogP contribution in [0.2, 0.25) is 0 Å². The number of nitrogen functional groups attached to an aromatic ring is 1. The first-order chi connectivity index (χ1) is 14.6. The van der Waals surface area contributed by atoms with Gasteiger partial charge < -0.3 is 9.47 Å². The fourth-order valence-corrected chi connectivity index (χ4v) is 5.32. The Labute approximate surface area is 190 Å². The number of aromatic nitrogens is 3. The lowest BCUT2D eigenvalue weighted by Crippen LogP contribution is -2.60. The van der Waals surface area contributed by atoms with Crippen LogP contribution in [0.4, 0.5) is 5.95 Å². The van der Waals surface area contributed by atoms with Gasteiger partial charge in [-0.05, 0) is 55.4 Å². The minimum Gasteiger partial charge on any atom is -0.460 e. The van der Waals surface area contributed by atoms with E-state index in [4.69, 9.17) is 15.3 Å². The maximum absolute atomic E-state index is 12.6. The van der Waals surface area contributed by atoms with Crippen LogP contribution in [-0.4, -0.2) is 59.4 Å². The van der Waals surface area contributed by atoms with Crippen LogP contribution in [-0.2, 0) is 10.4 Å². The molecule has 0 amide bonds. The van der Waals surface area contributed by atoms with E-state index in [0.717, 1.165) is 10.1 Å². The molecular formula is C21H37N7O4. The fourth-order valence-electron chi connectivity index (χ4n) is 5.32. The standard InChI is InChI=1S/C21H37N7O4/c1-18(2)9-13(10-19(3,4)27(18)29)31-16-23-15(26-22)24-17(25-16)32-14-11-20(5,6)28(30)21(7,8)12-14/h13-14H,9-12,22H2,1-8H3,(H,23,24,25,26). The number of hydrogen-bond donors (Lipinski definition) is 2. The highest BCUT2D eigenvalue weighted by Gasteiger charge is 2.48. The van der Waals surface area contributed by atoms with Gasteiger partial charge in [-0.15, -0.1) is 25.5 Å². The molecule has 2 saturated heterocycles. The van der Waals surface area contributed by atoms with E-state index in [1.54, 1.807) is 0 Å². The van der Waals surface area contributed by atoms with Gasteiger partial charge in [0.25, 0.3) is 0 Å². The van der Waals surface area contributed by atoms with E-state index >= 15 is 0 Å². The summed E-state index contributed by atoms with van der Waals surface area (Å²) in [6.45, 7) is 15.2. The lowest BCUT2D eigenvalue weighted by molar-refractivity contribution is -0.297. The number of anilines is 1. The highest BCUT2D eigenvalue weighted by Crippen LogP contribution is 2.40. The first-order valence-electron chi connectivity index (χ1n) is 11.1. The van der Waals surface area contributed by atoms with Gasteiger partial charge in [0.1, 0.15) is 12.2 Å². The number of piperidine rings is 2. The normalized spacial score (nSPS) is 26.0. The van der Waals surface area contributed by atoms with Crippen molar-refractivity contribution in [3.05, 3.63) is 0 Å². The van der Waals surface area contributed by atoms with Gasteiger partial charge in [0.15, 0.2) is 0 Å². The van der Waals surface area contributed by atoms with Crippen molar-refractivity contribution in [2.75, 3.05) is 5.43 Å². The Hall–Kier alpha value is -1.79. The first kappa shape index (κ1) is 24.8. The summed E-state index contributed by atoms with van der Waals surface area (Å²) in [5.74, 6) is 5.67. The SMILES string of the molecule is CC1(C)CC(Oc2nc(NN)nc(OC3CC(C)(C)N([O])C(C)(C)C3)n2)CC(C)(C)N1[O]. The molecule has 0 atom stereocenters. The lowest BCUT2D eigenvalue weighted by Gasteiger charge is -2.49. The average Bonchev–Trinajstić information content (AvgIpc) is 2.63. The van der Waals surface area contributed by atoms with Crippen LogP contribution in [0.1, 0.15) is 81.1 Å². The zero-order chi connectivity index (χ0) is 24.1. The van der Waals surface area contributed by atoms with Crippen molar-refractivity contribution in [3.8, 4) is 12.0 Å². The quantitative estimate of drug-likeness (QED) is 0.510. The maximum Gasteiger partial charge on any atom is 0.324 e. The number of nitrogens with one attached hydrogen (secondary N) is 1. The van der Waals surface area contributed by atoms with Crippen LogP contribution in [0, 0.1) is 0 Å². The van der Waals surface area contributed by atoms with Crippen LogP contribution >= 0.6 is 0 Å². The van der Waals surface area contributed by atoms with Crippen molar-refractivity contribution in [1.82, 2.24) is 25.1 Å². The van der Waals surface area contributed by atoms with Crippen molar-refractivity contribution < 1.29 is 19.9 Å². The second-order valence-electron chi connectivity index (χ2n) is 11.5. The van der Waals surface area contributed by atoms with Crippen molar-refractivity contribution in [2.24, 2.45) is 5.84 Å². The largest absolute Gasteiger partial charge is 0.460 e. The zero-order valence-corrected chi connectivity index (χ0v) is 20.4. The van der Waals surface area contributed by atoms with E-state index in [2.05, 4.69) is 20.4 Å². The van der Waals surface area contributed by atoms with Crippen LogP contribution in [0.5, 0.6) is 12.0 Å². The molecule has 2 radical (unpaired) electrons. The summed E-state index contributed by atoms with van der Waals surface area (Å²) in [5, 5.41) is 27.5. The summed E-state index contributed by atoms with van der Waals surface area (Å²) < 4.78 is 12.2. The Morgan fingerprint density at radius 1 is 0.719 bits per heavy atom. The number of nitrogens with zero attached hydrogens (tertiary/aromatic N) is 5. The van der Waals surface area contributed by atoms with Gasteiger partial charge >= 0.3 is 12.0 Å². The van der Waals surface area contributed by atoms with E-state index in [0.29, 0.717) is 25.7 Å². The molecule has 0 aliphatic carbocycles. The Bertz CT molecular complexity index is 732. The van der Waals surface area contributed by atoms with E-state index in [9.17, 15) is 10.4 Å². The molecule has 0 bridgehead atoms. The molecule has 0 saturated carbocycles. The number of hydroxylamine groups is 4. The zero-order valence-electron chi connectivity index (χ0n) is 20.4. The van der Waals surface area contributed by atoms with E-state index in [-0.39, 0.29) is 30.2 Å². The number of hydrogen-bond acceptors (Lipinski definition) is 9. The summed E-state index contributed by atoms with van der Waals surface area (Å²) in [7, 11) is 0. The van der Waals surface area contributed by atoms with E-state index in [1.807, 2.05) is 55.4 Å². The topological polar surface area (TPSA) is 141 Å². The second-order valence-corrected chi connectivity index (χ2v) is 11.5. The third-order valence-electron chi connectivity index (χ3n) is 6.38. The fraction of sp³-hybridized carbons (Fsp3) is 0.857. The summed E-state index contributed by atoms with van der Waals surface area (Å²) in [4.78, 5) is 12.8. The second kappa shape index (κ2) is 8.21. The molecule has 11 nitrogen and oxygen atoms in total. The molecule has 11 heteroatoms. The predicted molar refractivity (Wildman–Crippen MR) is 116 cm³/mol. The number of ether oxygens (including phenoxy) is 2. The highest BCUT2D eigenvalue weighted by molar-refractivity contribution is 5.25. The molecule has 1 aromatic heterocycles. The average molecular weight is 452 g/mol. The Morgan fingerprint density at radius 3 is 1.31 bits per heavy atom. The molecule has 3 N–H and O–H groups in total. The van der Waals surface area contributed by atoms with Crippen molar-refractivity contribution in [2.45, 2.75) is 115 Å². The van der Waals surface area contributed by atoms with Gasteiger partial charge in [0.05, 0.1) is 0 Å². The first-order valence-corrected chi connectivity index (χ1v) is 11.1. The predicted octanol–water partition coefficient (Wildman–Crippen LogP) is 2.65. The molecule has 180 valence electrons. The van der Waals surface area contributed by atoms with Gasteiger partial charge in [-0.2, -0.15) is 9.97 Å². The maximum atomic E-state index is 12.6. The Morgan fingerprint density at radius 2 is 1.03 bits per heavy atom. The number of nitrogens with two attached hydrogens (primary N) is 1. The third-order valence-corrected chi connectivity index (χ3v) is 6.38. The van der Waals surface area contributed by atoms with Crippen LogP contribution in [0.15, 0.2) is 0 Å². The van der Waals surface area contributed by atoms with Gasteiger partial charge in [0, 0.05) is 47.8 Å². The van der Waals surface area contributed by atoms with Crippen molar-refractivity contribution in [3.63, 3.8) is 0 Å². The third kappa shape index (κ3) is 5.07. The Kier molecular flexibility index (Phi) is 6.37. The number of hydrazine groups is 1. The molecule has 0 unspecified atom stereocenters. The summed E-state index contributed by atoms with van der Waals surface area (Å²) in [6.07, 6.45) is 1.59. The minimum absolute atomic E-state index is 0.0821. The smallest absolute Gasteiger partial charge is 0.324 e. The molecule has 32 heavy (non-hydrogen) atoms. The summed E-state index contributed by atoms with van der Waals surface area (Å²) in [5.41, 5.74) is 0.0782. The van der Waals surface area contributed by atoms with Gasteiger partial charge in [-0.3, -0.25) is 5.43 Å². The van der Waals surface area contributed by atoms with E-state index in [1.165, 1.54) is 0 Å². The minimum atomic E-state index is -0.586. The monoisotopic (exact) mass is 451 g/mol. The van der Waals surface area contributed by atoms with Crippen molar-refractivity contribution in [1.29, 1.82) is 0 Å². The Balaban J connectivity index is 1.79. The lowest BCUT2D eigenvalue weighted by atomic mass is 9.80. The van der Waals surface area contributed by atoms with Crippen molar-refractivity contribution >= 4 is 5.95 Å². The molecule has 1 aromatic rings. The molecule has 2 fully saturated rings. The molecular weight excluding hydrogens is 414 g/mol. The van der Waals surface area contributed by atoms with Gasteiger partial charge in [-0.25, -0.2) is 5.84 Å². The van der Waals surface area contributed by atoms with Crippen LogP contribution < -0.4 is 20.7 Å². The van der Waals surface area contributed by atoms with Crippen LogP contribution in [0.25, 0.3) is 0 Å². The number of rotatable bonds is 5. The summed E-state index contributed by atoms with van der Waals surface area (Å²) >= 11 is 0. The van der Waals surface area contributed by atoms with Gasteiger partial charge in [0.2, 0.25) is 5.95 Å². The summed E-state index contributed by atoms with van der Waals surface area (Å²) in [6, 6.07) is 0.164. The molecule has 3 heterocycles. The van der Waals surface area contributed by atoms with Crippen LogP contribution in [0.3, 0.4) is 0 Å². The highest BCUT2D eigenvalue weighted by atomic mass is 16.5. The molecule has 3 rings (SSSR count). The molecule has 2 aliphatic rings. The molecule has 2 aliphatic heterocycles. The van der Waals surface area contributed by atoms with Gasteiger partial charge in [-0.1, -0.05) is 0 Å². The van der Waals surface area contributed by atoms with E-state index < -0.39 is 22.2 Å². The molecule has 0 aromatic carbocycles. The molecule has 0 spiro atoms.